The molecule has 0 aliphatic carbocycles. The molecule has 1 aromatic rings. The Morgan fingerprint density at radius 3 is 2.74 bits per heavy atom. The van der Waals surface area contributed by atoms with Gasteiger partial charge in [-0.2, -0.15) is 0 Å². The molecule has 2 atom stereocenters. The first-order chi connectivity index (χ1) is 8.66. The maximum Gasteiger partial charge on any atom is 0.203 e. The lowest BCUT2D eigenvalue weighted by Crippen LogP contribution is -2.50. The van der Waals surface area contributed by atoms with E-state index in [-0.39, 0.29) is 17.3 Å². The maximum atomic E-state index is 13.9. The number of hydrogen-bond donors (Lipinski definition) is 1. The maximum absolute atomic E-state index is 13.9. The van der Waals surface area contributed by atoms with E-state index in [0.29, 0.717) is 0 Å². The number of rotatable bonds is 1. The molecule has 0 spiro atoms. The fourth-order valence-electron chi connectivity index (χ4n) is 2.11. The molecule has 19 heavy (non-hydrogen) atoms. The minimum atomic E-state index is -2.71. The normalized spacial score (nSPS) is 31.2. The Morgan fingerprint density at radius 1 is 1.53 bits per heavy atom. The van der Waals surface area contributed by atoms with Crippen molar-refractivity contribution in [2.24, 2.45) is 10.7 Å². The lowest BCUT2D eigenvalue weighted by Gasteiger charge is -2.37. The standard InChI is InChI=1S/C12H15F2N3OS/c1-12(9-6-8(13)4-5-10(9)14)7-19(3,18)17(2)11(15)16-12/h4-6H,3,7H2,1-2H3,(H2,15,16)/t12-,19?/m0/s1. The van der Waals surface area contributed by atoms with Crippen LogP contribution in [0.25, 0.3) is 0 Å². The molecule has 104 valence electrons. The van der Waals surface area contributed by atoms with Gasteiger partial charge in [0, 0.05) is 12.6 Å². The summed E-state index contributed by atoms with van der Waals surface area (Å²) in [7, 11) is -1.20. The summed E-state index contributed by atoms with van der Waals surface area (Å²) in [5, 5.41) is 0. The SMILES string of the molecule is C=S1(=O)C[C@@](C)(c2cc(F)ccc2F)N=C(N)N1C. The Balaban J connectivity index is 2.64. The van der Waals surface area contributed by atoms with Crippen molar-refractivity contribution in [2.45, 2.75) is 12.5 Å². The van der Waals surface area contributed by atoms with Gasteiger partial charge in [0.2, 0.25) is 5.96 Å². The van der Waals surface area contributed by atoms with Crippen LogP contribution in [0.4, 0.5) is 8.78 Å². The van der Waals surface area contributed by atoms with Crippen molar-refractivity contribution >= 4 is 21.5 Å². The van der Waals surface area contributed by atoms with Gasteiger partial charge in [-0.15, -0.1) is 0 Å². The smallest absolute Gasteiger partial charge is 0.203 e. The Hall–Kier alpha value is -1.63. The highest BCUT2D eigenvalue weighted by atomic mass is 32.2. The van der Waals surface area contributed by atoms with Gasteiger partial charge in [-0.05, 0) is 31.0 Å². The summed E-state index contributed by atoms with van der Waals surface area (Å²) in [4.78, 5) is 4.16. The van der Waals surface area contributed by atoms with Gasteiger partial charge in [0.15, 0.2) is 0 Å². The van der Waals surface area contributed by atoms with Gasteiger partial charge in [0.05, 0.1) is 15.5 Å². The third-order valence-electron chi connectivity index (χ3n) is 3.20. The van der Waals surface area contributed by atoms with Crippen molar-refractivity contribution in [1.29, 1.82) is 0 Å². The number of hydrogen-bond acceptors (Lipinski definition) is 3. The molecule has 0 aromatic heterocycles. The van der Waals surface area contributed by atoms with Gasteiger partial charge in [-0.25, -0.2) is 18.0 Å². The Morgan fingerprint density at radius 2 is 2.16 bits per heavy atom. The van der Waals surface area contributed by atoms with E-state index in [4.69, 9.17) is 5.73 Å². The molecule has 0 amide bonds. The monoisotopic (exact) mass is 287 g/mol. The highest BCUT2D eigenvalue weighted by Crippen LogP contribution is 2.33. The molecular weight excluding hydrogens is 272 g/mol. The van der Waals surface area contributed by atoms with Crippen molar-refractivity contribution in [3.05, 3.63) is 35.4 Å². The summed E-state index contributed by atoms with van der Waals surface area (Å²) in [5.41, 5.74) is 4.53. The largest absolute Gasteiger partial charge is 0.369 e. The Kier molecular flexibility index (Phi) is 3.04. The summed E-state index contributed by atoms with van der Waals surface area (Å²) < 4.78 is 40.8. The summed E-state index contributed by atoms with van der Waals surface area (Å²) in [6.07, 6.45) is 0. The van der Waals surface area contributed by atoms with E-state index in [1.807, 2.05) is 0 Å². The highest BCUT2D eigenvalue weighted by Gasteiger charge is 2.38. The average Bonchev–Trinajstić information content (AvgIpc) is 2.28. The molecule has 1 aliphatic rings. The van der Waals surface area contributed by atoms with Gasteiger partial charge in [-0.1, -0.05) is 0 Å². The lowest BCUT2D eigenvalue weighted by molar-refractivity contribution is 0.475. The molecule has 0 radical (unpaired) electrons. The van der Waals surface area contributed by atoms with Crippen LogP contribution in [0, 0.1) is 11.6 Å². The fraction of sp³-hybridized carbons (Fsp3) is 0.333. The van der Waals surface area contributed by atoms with Crippen LogP contribution < -0.4 is 5.73 Å². The van der Waals surface area contributed by atoms with Crippen molar-refractivity contribution < 1.29 is 13.0 Å². The first-order valence-electron chi connectivity index (χ1n) is 5.55. The van der Waals surface area contributed by atoms with E-state index in [1.54, 1.807) is 6.92 Å². The second-order valence-corrected chi connectivity index (χ2v) is 7.16. The lowest BCUT2D eigenvalue weighted by atomic mass is 9.94. The molecule has 4 nitrogen and oxygen atoms in total. The van der Waals surface area contributed by atoms with Crippen LogP contribution in [0.1, 0.15) is 12.5 Å². The van der Waals surface area contributed by atoms with E-state index < -0.39 is 26.9 Å². The minimum Gasteiger partial charge on any atom is -0.369 e. The van der Waals surface area contributed by atoms with Crippen LogP contribution in [0.3, 0.4) is 0 Å². The van der Waals surface area contributed by atoms with Crippen LogP contribution in [0.5, 0.6) is 0 Å². The number of nitrogens with two attached hydrogens (primary N) is 1. The third-order valence-corrected chi connectivity index (χ3v) is 5.40. The van der Waals surface area contributed by atoms with E-state index >= 15 is 0 Å². The molecule has 0 saturated carbocycles. The Bertz CT molecular complexity index is 657. The van der Waals surface area contributed by atoms with Crippen LogP contribution in [-0.4, -0.2) is 33.1 Å². The molecule has 2 rings (SSSR count). The number of halogens is 2. The van der Waals surface area contributed by atoms with Crippen LogP contribution in [0.2, 0.25) is 0 Å². The van der Waals surface area contributed by atoms with Crippen LogP contribution in [0.15, 0.2) is 23.2 Å². The van der Waals surface area contributed by atoms with Crippen molar-refractivity contribution in [3.8, 4) is 0 Å². The summed E-state index contributed by atoms with van der Waals surface area (Å²) >= 11 is 0. The van der Waals surface area contributed by atoms with Crippen LogP contribution in [-0.2, 0) is 15.2 Å². The predicted molar refractivity (Wildman–Crippen MR) is 73.2 cm³/mol. The molecule has 2 N–H and O–H groups in total. The fourth-order valence-corrected chi connectivity index (χ4v) is 3.78. The number of aliphatic imine (C=N–C) groups is 1. The zero-order chi connectivity index (χ0) is 14.4. The van der Waals surface area contributed by atoms with Gasteiger partial charge in [0.25, 0.3) is 0 Å². The molecule has 1 heterocycles. The van der Waals surface area contributed by atoms with E-state index in [0.717, 1.165) is 18.2 Å². The summed E-state index contributed by atoms with van der Waals surface area (Å²) in [6, 6.07) is 3.09. The molecule has 1 aromatic carbocycles. The Labute approximate surface area is 111 Å². The topological polar surface area (TPSA) is 58.7 Å². The molecule has 0 saturated heterocycles. The molecule has 0 bridgehead atoms. The zero-order valence-electron chi connectivity index (χ0n) is 10.7. The first-order valence-corrected chi connectivity index (χ1v) is 7.41. The van der Waals surface area contributed by atoms with Crippen molar-refractivity contribution in [3.63, 3.8) is 0 Å². The highest BCUT2D eigenvalue weighted by molar-refractivity contribution is 7.98. The van der Waals surface area contributed by atoms with Gasteiger partial charge in [-0.3, -0.25) is 4.31 Å². The minimum absolute atomic E-state index is 0.00240. The van der Waals surface area contributed by atoms with Gasteiger partial charge in [0.1, 0.15) is 17.2 Å². The van der Waals surface area contributed by atoms with Gasteiger partial charge >= 0.3 is 0 Å². The van der Waals surface area contributed by atoms with E-state index in [1.165, 1.54) is 11.4 Å². The third kappa shape index (κ3) is 2.30. The predicted octanol–water partition coefficient (Wildman–Crippen LogP) is 1.07. The second kappa shape index (κ2) is 4.19. The van der Waals surface area contributed by atoms with Crippen molar-refractivity contribution in [1.82, 2.24) is 4.31 Å². The summed E-state index contributed by atoms with van der Waals surface area (Å²) in [6.45, 7) is 1.57. The number of nitrogens with zero attached hydrogens (tertiary/aromatic N) is 2. The average molecular weight is 287 g/mol. The molecule has 1 unspecified atom stereocenters. The molecular formula is C12H15F2N3OS. The van der Waals surface area contributed by atoms with Crippen LogP contribution >= 0.6 is 0 Å². The quantitative estimate of drug-likeness (QED) is 0.786. The summed E-state index contributed by atoms with van der Waals surface area (Å²) in [5.74, 6) is 2.38. The van der Waals surface area contributed by atoms with E-state index in [2.05, 4.69) is 10.9 Å². The first kappa shape index (κ1) is 13.8. The molecule has 7 heteroatoms. The van der Waals surface area contributed by atoms with Crippen molar-refractivity contribution in [2.75, 3.05) is 12.8 Å². The number of benzene rings is 1. The van der Waals surface area contributed by atoms with E-state index in [9.17, 15) is 13.0 Å². The number of guanidine groups is 1. The zero-order valence-corrected chi connectivity index (χ0v) is 11.5. The second-order valence-electron chi connectivity index (χ2n) is 4.78. The molecule has 1 aliphatic heterocycles. The van der Waals surface area contributed by atoms with Gasteiger partial charge < -0.3 is 5.73 Å². The molecule has 0 fully saturated rings.